The molecular formula is C16H23N3O. The van der Waals surface area contributed by atoms with E-state index in [0.29, 0.717) is 6.10 Å². The molecule has 0 saturated carbocycles. The van der Waals surface area contributed by atoms with Crippen LogP contribution < -0.4 is 0 Å². The van der Waals surface area contributed by atoms with Crippen LogP contribution in [0.25, 0.3) is 11.0 Å². The van der Waals surface area contributed by atoms with Gasteiger partial charge in [0.25, 0.3) is 0 Å². The molecule has 0 N–H and O–H groups in total. The van der Waals surface area contributed by atoms with Gasteiger partial charge in [-0.2, -0.15) is 0 Å². The Bertz CT molecular complexity index is 545. The standard InChI is InChI=1S/C16H23N3O/c1-18(12-14-6-4-5-11-20-14)9-10-19-13-17-15-7-2-3-8-16(15)19/h2-3,7-8,13-14H,4-6,9-12H2,1H3. The van der Waals surface area contributed by atoms with Crippen LogP contribution in [0.2, 0.25) is 0 Å². The van der Waals surface area contributed by atoms with E-state index in [1.807, 2.05) is 12.4 Å². The monoisotopic (exact) mass is 273 g/mol. The van der Waals surface area contributed by atoms with Crippen LogP contribution in [0.1, 0.15) is 19.3 Å². The van der Waals surface area contributed by atoms with Gasteiger partial charge >= 0.3 is 0 Å². The summed E-state index contributed by atoms with van der Waals surface area (Å²) in [5.74, 6) is 0. The summed E-state index contributed by atoms with van der Waals surface area (Å²) in [6, 6.07) is 8.30. The third kappa shape index (κ3) is 3.19. The van der Waals surface area contributed by atoms with Crippen molar-refractivity contribution in [3.05, 3.63) is 30.6 Å². The van der Waals surface area contributed by atoms with Gasteiger partial charge in [-0.05, 0) is 38.4 Å². The zero-order valence-corrected chi connectivity index (χ0v) is 12.2. The van der Waals surface area contributed by atoms with Crippen molar-refractivity contribution in [2.45, 2.75) is 31.9 Å². The van der Waals surface area contributed by atoms with Gasteiger partial charge < -0.3 is 14.2 Å². The zero-order chi connectivity index (χ0) is 13.8. The van der Waals surface area contributed by atoms with Crippen molar-refractivity contribution in [2.24, 2.45) is 0 Å². The molecule has 0 aliphatic carbocycles. The largest absolute Gasteiger partial charge is 0.377 e. The molecule has 2 heterocycles. The van der Waals surface area contributed by atoms with Gasteiger partial charge in [-0.1, -0.05) is 12.1 Å². The van der Waals surface area contributed by atoms with Crippen molar-refractivity contribution >= 4 is 11.0 Å². The number of hydrogen-bond donors (Lipinski definition) is 0. The first-order valence-electron chi connectivity index (χ1n) is 7.53. The molecule has 0 amide bonds. The molecule has 108 valence electrons. The highest BCUT2D eigenvalue weighted by Crippen LogP contribution is 2.14. The number of likely N-dealkylation sites (N-methyl/N-ethyl adjacent to an activating group) is 1. The minimum Gasteiger partial charge on any atom is -0.377 e. The number of nitrogens with zero attached hydrogens (tertiary/aromatic N) is 3. The molecule has 3 rings (SSSR count). The predicted octanol–water partition coefficient (Wildman–Crippen LogP) is 2.54. The van der Waals surface area contributed by atoms with E-state index in [1.54, 1.807) is 0 Å². The number of benzene rings is 1. The van der Waals surface area contributed by atoms with Gasteiger partial charge in [-0.3, -0.25) is 0 Å². The molecule has 1 unspecified atom stereocenters. The molecule has 4 nitrogen and oxygen atoms in total. The van der Waals surface area contributed by atoms with Crippen LogP contribution in [-0.4, -0.2) is 47.3 Å². The lowest BCUT2D eigenvalue weighted by Gasteiger charge is -2.27. The minimum atomic E-state index is 0.424. The fourth-order valence-corrected chi connectivity index (χ4v) is 2.86. The quantitative estimate of drug-likeness (QED) is 0.838. The second-order valence-electron chi connectivity index (χ2n) is 5.68. The van der Waals surface area contributed by atoms with Crippen molar-refractivity contribution in [1.29, 1.82) is 0 Å². The summed E-state index contributed by atoms with van der Waals surface area (Å²) in [7, 11) is 2.18. The highest BCUT2D eigenvalue weighted by Gasteiger charge is 2.15. The number of fused-ring (bicyclic) bond motifs is 1. The highest BCUT2D eigenvalue weighted by atomic mass is 16.5. The van der Waals surface area contributed by atoms with E-state index in [4.69, 9.17) is 4.74 Å². The van der Waals surface area contributed by atoms with Crippen molar-refractivity contribution in [3.63, 3.8) is 0 Å². The maximum Gasteiger partial charge on any atom is 0.0958 e. The molecule has 1 aromatic carbocycles. The van der Waals surface area contributed by atoms with E-state index >= 15 is 0 Å². The Balaban J connectivity index is 1.53. The van der Waals surface area contributed by atoms with Crippen LogP contribution in [-0.2, 0) is 11.3 Å². The lowest BCUT2D eigenvalue weighted by Crippen LogP contribution is -2.35. The van der Waals surface area contributed by atoms with E-state index in [1.165, 1.54) is 24.8 Å². The highest BCUT2D eigenvalue weighted by molar-refractivity contribution is 5.74. The van der Waals surface area contributed by atoms with Crippen molar-refractivity contribution in [1.82, 2.24) is 14.5 Å². The molecule has 1 aromatic heterocycles. The summed E-state index contributed by atoms with van der Waals surface area (Å²) >= 11 is 0. The molecule has 1 aliphatic heterocycles. The maximum atomic E-state index is 5.80. The number of hydrogen-bond acceptors (Lipinski definition) is 3. The van der Waals surface area contributed by atoms with Crippen LogP contribution in [0, 0.1) is 0 Å². The summed E-state index contributed by atoms with van der Waals surface area (Å²) < 4.78 is 8.02. The van der Waals surface area contributed by atoms with Crippen LogP contribution in [0.5, 0.6) is 0 Å². The first-order valence-corrected chi connectivity index (χ1v) is 7.53. The van der Waals surface area contributed by atoms with Gasteiger partial charge in [0, 0.05) is 26.2 Å². The van der Waals surface area contributed by atoms with E-state index in [-0.39, 0.29) is 0 Å². The van der Waals surface area contributed by atoms with Gasteiger partial charge in [-0.15, -0.1) is 0 Å². The molecule has 20 heavy (non-hydrogen) atoms. The number of para-hydroxylation sites is 2. The normalized spacial score (nSPS) is 19.8. The van der Waals surface area contributed by atoms with Crippen molar-refractivity contribution in [3.8, 4) is 0 Å². The topological polar surface area (TPSA) is 30.3 Å². The fourth-order valence-electron chi connectivity index (χ4n) is 2.86. The van der Waals surface area contributed by atoms with E-state index in [0.717, 1.165) is 31.8 Å². The van der Waals surface area contributed by atoms with Crippen molar-refractivity contribution < 1.29 is 4.74 Å². The van der Waals surface area contributed by atoms with Crippen LogP contribution in [0.3, 0.4) is 0 Å². The molecule has 4 heteroatoms. The molecule has 1 fully saturated rings. The number of aromatic nitrogens is 2. The Morgan fingerprint density at radius 1 is 1.35 bits per heavy atom. The van der Waals surface area contributed by atoms with Gasteiger partial charge in [-0.25, -0.2) is 4.98 Å². The number of ether oxygens (including phenoxy) is 1. The Morgan fingerprint density at radius 2 is 2.25 bits per heavy atom. The third-order valence-corrected chi connectivity index (χ3v) is 4.04. The molecular weight excluding hydrogens is 250 g/mol. The van der Waals surface area contributed by atoms with Gasteiger partial charge in [0.1, 0.15) is 0 Å². The number of imidazole rings is 1. The van der Waals surface area contributed by atoms with Gasteiger partial charge in [0.05, 0.1) is 23.5 Å². The molecule has 1 aliphatic rings. The second-order valence-corrected chi connectivity index (χ2v) is 5.68. The second kappa shape index (κ2) is 6.37. The molecule has 1 saturated heterocycles. The van der Waals surface area contributed by atoms with Crippen LogP contribution in [0.4, 0.5) is 0 Å². The summed E-state index contributed by atoms with van der Waals surface area (Å²) in [5.41, 5.74) is 2.29. The Hall–Kier alpha value is -1.39. The van der Waals surface area contributed by atoms with Crippen molar-refractivity contribution in [2.75, 3.05) is 26.7 Å². The van der Waals surface area contributed by atoms with E-state index in [9.17, 15) is 0 Å². The predicted molar refractivity (Wildman–Crippen MR) is 80.8 cm³/mol. The summed E-state index contributed by atoms with van der Waals surface area (Å²) in [6.07, 6.45) is 6.10. The first kappa shape index (κ1) is 13.6. The lowest BCUT2D eigenvalue weighted by molar-refractivity contribution is -0.00178. The Labute approximate surface area is 120 Å². The zero-order valence-electron chi connectivity index (χ0n) is 12.2. The molecule has 0 spiro atoms. The Kier molecular flexibility index (Phi) is 4.33. The van der Waals surface area contributed by atoms with E-state index in [2.05, 4.69) is 39.7 Å². The van der Waals surface area contributed by atoms with Crippen LogP contribution >= 0.6 is 0 Å². The van der Waals surface area contributed by atoms with Crippen LogP contribution in [0.15, 0.2) is 30.6 Å². The summed E-state index contributed by atoms with van der Waals surface area (Å²) in [4.78, 5) is 6.80. The Morgan fingerprint density at radius 3 is 3.10 bits per heavy atom. The SMILES string of the molecule is CN(CCn1cnc2ccccc21)CC1CCCCO1. The molecule has 1 atom stereocenters. The molecule has 0 bridgehead atoms. The fraction of sp³-hybridized carbons (Fsp3) is 0.562. The van der Waals surface area contributed by atoms with E-state index < -0.39 is 0 Å². The average molecular weight is 273 g/mol. The van der Waals surface area contributed by atoms with Gasteiger partial charge in [0.2, 0.25) is 0 Å². The average Bonchev–Trinajstić information content (AvgIpc) is 2.89. The third-order valence-electron chi connectivity index (χ3n) is 4.04. The summed E-state index contributed by atoms with van der Waals surface area (Å²) in [5, 5.41) is 0. The first-order chi connectivity index (χ1) is 9.83. The molecule has 2 aromatic rings. The lowest BCUT2D eigenvalue weighted by atomic mass is 10.1. The summed E-state index contributed by atoms with van der Waals surface area (Å²) in [6.45, 7) is 3.97. The molecule has 0 radical (unpaired) electrons. The number of rotatable bonds is 5. The smallest absolute Gasteiger partial charge is 0.0958 e. The maximum absolute atomic E-state index is 5.80. The minimum absolute atomic E-state index is 0.424. The van der Waals surface area contributed by atoms with Gasteiger partial charge in [0.15, 0.2) is 0 Å².